The number of methoxy groups -OCH3 is 1. The Morgan fingerprint density at radius 1 is 1.38 bits per heavy atom. The number of quaternary nitrogens is 1. The molecule has 29 heavy (non-hydrogen) atoms. The predicted molar refractivity (Wildman–Crippen MR) is 113 cm³/mol. The molecule has 5 rings (SSSR count). The van der Waals surface area contributed by atoms with Crippen LogP contribution in [0.15, 0.2) is 49.2 Å². The molecule has 1 aromatic heterocycles. The van der Waals surface area contributed by atoms with Crippen molar-refractivity contribution in [2.75, 3.05) is 33.4 Å². The van der Waals surface area contributed by atoms with E-state index >= 15 is 0 Å². The Bertz CT molecular complexity index is 893. The molecule has 5 atom stereocenters. The van der Waals surface area contributed by atoms with Gasteiger partial charge in [0.15, 0.2) is 6.54 Å². The molecule has 4 heterocycles. The van der Waals surface area contributed by atoms with E-state index in [1.807, 2.05) is 31.3 Å². The molecule has 1 aromatic carbocycles. The molecule has 154 valence electrons. The number of benzene rings is 1. The summed E-state index contributed by atoms with van der Waals surface area (Å²) in [6.07, 6.45) is 6.01. The number of aromatic nitrogens is 1. The van der Waals surface area contributed by atoms with Gasteiger partial charge in [-0.2, -0.15) is 0 Å². The standard InChI is InChI=1S/C24H31N2O3/c1-4-17-15-26(16-23(27)29-5-2)13-11-18(17)14-22(26)24(28-3)20-10-12-25-21-9-7-6-8-19(20)21/h4,6-10,12,17-18,22,24H,1,5,11,13-16H2,2-3H3/q+1/t17-,18-,22+,24+,26-/m0/s1. The van der Waals surface area contributed by atoms with Gasteiger partial charge in [0.1, 0.15) is 12.1 Å². The lowest BCUT2D eigenvalue weighted by Gasteiger charge is -2.57. The van der Waals surface area contributed by atoms with Crippen molar-refractivity contribution in [3.63, 3.8) is 0 Å². The Balaban J connectivity index is 1.75. The van der Waals surface area contributed by atoms with Crippen molar-refractivity contribution in [1.82, 2.24) is 4.98 Å². The molecule has 3 aliphatic rings. The first-order valence-electron chi connectivity index (χ1n) is 10.6. The number of carbonyl (C=O) groups is 1. The number of piperidine rings is 3. The van der Waals surface area contributed by atoms with Crippen LogP contribution in [0, 0.1) is 11.8 Å². The van der Waals surface area contributed by atoms with Crippen molar-refractivity contribution >= 4 is 16.9 Å². The summed E-state index contributed by atoms with van der Waals surface area (Å²) in [6.45, 7) is 8.68. The third-order valence-corrected chi connectivity index (χ3v) is 7.02. The van der Waals surface area contributed by atoms with Crippen molar-refractivity contribution in [1.29, 1.82) is 0 Å². The second kappa shape index (κ2) is 8.25. The molecule has 0 spiro atoms. The fourth-order valence-electron chi connectivity index (χ4n) is 5.68. The lowest BCUT2D eigenvalue weighted by molar-refractivity contribution is -0.967. The van der Waals surface area contributed by atoms with Crippen LogP contribution in [0.1, 0.15) is 31.4 Å². The van der Waals surface area contributed by atoms with Gasteiger partial charge in [-0.15, -0.1) is 6.58 Å². The van der Waals surface area contributed by atoms with E-state index in [0.29, 0.717) is 25.0 Å². The van der Waals surface area contributed by atoms with Gasteiger partial charge in [-0.1, -0.05) is 24.3 Å². The Morgan fingerprint density at radius 3 is 2.97 bits per heavy atom. The molecule has 0 saturated carbocycles. The Kier molecular flexibility index (Phi) is 5.70. The van der Waals surface area contributed by atoms with Crippen molar-refractivity contribution in [2.45, 2.75) is 31.9 Å². The first-order valence-corrected chi connectivity index (χ1v) is 10.6. The van der Waals surface area contributed by atoms with Crippen LogP contribution in [-0.2, 0) is 14.3 Å². The Labute approximate surface area is 172 Å². The molecule has 2 aromatic rings. The zero-order chi connectivity index (χ0) is 20.4. The van der Waals surface area contributed by atoms with Gasteiger partial charge in [0.25, 0.3) is 0 Å². The fraction of sp³-hybridized carbons (Fsp3) is 0.500. The number of hydrogen-bond donors (Lipinski definition) is 0. The highest BCUT2D eigenvalue weighted by atomic mass is 16.5. The van der Waals surface area contributed by atoms with Gasteiger partial charge in [0.2, 0.25) is 0 Å². The molecule has 3 aliphatic heterocycles. The summed E-state index contributed by atoms with van der Waals surface area (Å²) in [7, 11) is 1.79. The molecule has 5 heteroatoms. The second-order valence-corrected chi connectivity index (χ2v) is 8.41. The number of hydrogen-bond acceptors (Lipinski definition) is 4. The van der Waals surface area contributed by atoms with Crippen LogP contribution in [0.4, 0.5) is 0 Å². The maximum atomic E-state index is 12.6. The van der Waals surface area contributed by atoms with Crippen LogP contribution in [0.2, 0.25) is 0 Å². The quantitative estimate of drug-likeness (QED) is 0.405. The van der Waals surface area contributed by atoms with E-state index < -0.39 is 0 Å². The minimum Gasteiger partial charge on any atom is -0.462 e. The zero-order valence-corrected chi connectivity index (χ0v) is 17.4. The first-order chi connectivity index (χ1) is 14.1. The molecule has 2 bridgehead atoms. The molecule has 3 saturated heterocycles. The van der Waals surface area contributed by atoms with Gasteiger partial charge in [0, 0.05) is 37.5 Å². The SMILES string of the molecule is C=C[C@H]1C[N@+]2(CC(=O)OCC)CC[C@H]1C[C@@H]2[C@H](OC)c1ccnc2ccccc12. The molecule has 0 N–H and O–H groups in total. The predicted octanol–water partition coefficient (Wildman–Crippen LogP) is 3.90. The first kappa shape index (κ1) is 20.0. The Hall–Kier alpha value is -2.24. The Morgan fingerprint density at radius 2 is 2.21 bits per heavy atom. The molecule has 5 nitrogen and oxygen atoms in total. The third-order valence-electron chi connectivity index (χ3n) is 7.02. The van der Waals surface area contributed by atoms with E-state index in [4.69, 9.17) is 9.47 Å². The van der Waals surface area contributed by atoms with E-state index in [9.17, 15) is 4.79 Å². The molecule has 0 aliphatic carbocycles. The summed E-state index contributed by atoms with van der Waals surface area (Å²) in [4.78, 5) is 17.1. The molecule has 0 amide bonds. The summed E-state index contributed by atoms with van der Waals surface area (Å²) >= 11 is 0. The molecule has 0 radical (unpaired) electrons. The van der Waals surface area contributed by atoms with Crippen LogP contribution >= 0.6 is 0 Å². The highest BCUT2D eigenvalue weighted by molar-refractivity contribution is 5.82. The van der Waals surface area contributed by atoms with Crippen molar-refractivity contribution in [2.24, 2.45) is 11.8 Å². The summed E-state index contributed by atoms with van der Waals surface area (Å²) < 4.78 is 12.2. The van der Waals surface area contributed by atoms with Gasteiger partial charge in [-0.25, -0.2) is 4.79 Å². The maximum Gasteiger partial charge on any atom is 0.361 e. The lowest BCUT2D eigenvalue weighted by atomic mass is 9.71. The monoisotopic (exact) mass is 395 g/mol. The van der Waals surface area contributed by atoms with Gasteiger partial charge < -0.3 is 14.0 Å². The minimum absolute atomic E-state index is 0.0918. The van der Waals surface area contributed by atoms with E-state index in [1.165, 1.54) is 0 Å². The summed E-state index contributed by atoms with van der Waals surface area (Å²) in [5.74, 6) is 0.932. The van der Waals surface area contributed by atoms with Crippen LogP contribution < -0.4 is 0 Å². The van der Waals surface area contributed by atoms with E-state index in [2.05, 4.69) is 29.8 Å². The van der Waals surface area contributed by atoms with Crippen molar-refractivity contribution in [3.8, 4) is 0 Å². The van der Waals surface area contributed by atoms with Crippen molar-refractivity contribution in [3.05, 3.63) is 54.7 Å². The maximum absolute atomic E-state index is 12.6. The van der Waals surface area contributed by atoms with Gasteiger partial charge in [0.05, 0.1) is 25.2 Å². The highest BCUT2D eigenvalue weighted by Crippen LogP contribution is 2.47. The van der Waals surface area contributed by atoms with E-state index in [-0.39, 0.29) is 18.1 Å². The number of para-hydroxylation sites is 1. The van der Waals surface area contributed by atoms with Crippen molar-refractivity contribution < 1.29 is 18.8 Å². The number of rotatable bonds is 7. The normalized spacial score (nSPS) is 29.5. The largest absolute Gasteiger partial charge is 0.462 e. The molecular formula is C24H31N2O3+. The van der Waals surface area contributed by atoms with Gasteiger partial charge in [-0.3, -0.25) is 4.98 Å². The number of ether oxygens (including phenoxy) is 2. The van der Waals surface area contributed by atoms with Crippen LogP contribution in [0.3, 0.4) is 0 Å². The smallest absolute Gasteiger partial charge is 0.361 e. The topological polar surface area (TPSA) is 48.4 Å². The zero-order valence-electron chi connectivity index (χ0n) is 17.4. The summed E-state index contributed by atoms with van der Waals surface area (Å²) in [5.41, 5.74) is 2.14. The summed E-state index contributed by atoms with van der Waals surface area (Å²) in [5, 5.41) is 1.12. The average Bonchev–Trinajstić information content (AvgIpc) is 2.75. The number of pyridine rings is 1. The summed E-state index contributed by atoms with van der Waals surface area (Å²) in [6, 6.07) is 10.5. The molecule has 0 unspecified atom stereocenters. The number of carbonyl (C=O) groups excluding carboxylic acids is 1. The lowest BCUT2D eigenvalue weighted by Crippen LogP contribution is -2.69. The minimum atomic E-state index is -0.116. The van der Waals surface area contributed by atoms with Crippen LogP contribution in [-0.4, -0.2) is 54.8 Å². The fourth-order valence-corrected chi connectivity index (χ4v) is 5.68. The van der Waals surface area contributed by atoms with Crippen LogP contribution in [0.25, 0.3) is 10.9 Å². The molecular weight excluding hydrogens is 364 g/mol. The second-order valence-electron chi connectivity index (χ2n) is 8.41. The molecule has 3 fully saturated rings. The van der Waals surface area contributed by atoms with Crippen LogP contribution in [0.5, 0.6) is 0 Å². The number of fused-ring (bicyclic) bond motifs is 4. The number of nitrogens with zero attached hydrogens (tertiary/aromatic N) is 2. The number of esters is 1. The highest BCUT2D eigenvalue weighted by Gasteiger charge is 2.55. The third kappa shape index (κ3) is 3.58. The average molecular weight is 396 g/mol. The van der Waals surface area contributed by atoms with Gasteiger partial charge >= 0.3 is 5.97 Å². The van der Waals surface area contributed by atoms with E-state index in [0.717, 1.165) is 46.9 Å². The van der Waals surface area contributed by atoms with Gasteiger partial charge in [-0.05, 0) is 30.5 Å². The van der Waals surface area contributed by atoms with E-state index in [1.54, 1.807) is 7.11 Å².